The zero-order valence-corrected chi connectivity index (χ0v) is 16.6. The van der Waals surface area contributed by atoms with Gasteiger partial charge >= 0.3 is 0 Å². The first-order chi connectivity index (χ1) is 14.4. The van der Waals surface area contributed by atoms with Gasteiger partial charge in [-0.15, -0.1) is 0 Å². The smallest absolute Gasteiger partial charge is 0.275 e. The third-order valence-corrected chi connectivity index (χ3v) is 4.92. The molecule has 0 saturated carbocycles. The zero-order chi connectivity index (χ0) is 21.3. The fourth-order valence-corrected chi connectivity index (χ4v) is 3.43. The third-order valence-electron chi connectivity index (χ3n) is 4.92. The summed E-state index contributed by atoms with van der Waals surface area (Å²) in [5.41, 5.74) is 3.61. The van der Waals surface area contributed by atoms with Crippen LogP contribution in [0.3, 0.4) is 0 Å². The average Bonchev–Trinajstić information content (AvgIpc) is 2.72. The van der Waals surface area contributed by atoms with E-state index in [-0.39, 0.29) is 12.1 Å². The van der Waals surface area contributed by atoms with Crippen LogP contribution in [-0.2, 0) is 11.3 Å². The largest absolute Gasteiger partial charge is 0.324 e. The summed E-state index contributed by atoms with van der Waals surface area (Å²) < 4.78 is 14.5. The maximum atomic E-state index is 13.4. The van der Waals surface area contributed by atoms with Gasteiger partial charge in [0.25, 0.3) is 5.56 Å². The van der Waals surface area contributed by atoms with E-state index in [0.717, 1.165) is 26.8 Å². The summed E-state index contributed by atoms with van der Waals surface area (Å²) in [6.07, 6.45) is 0. The molecule has 0 bridgehead atoms. The van der Waals surface area contributed by atoms with Crippen molar-refractivity contribution < 1.29 is 9.18 Å². The van der Waals surface area contributed by atoms with Crippen molar-refractivity contribution in [3.63, 3.8) is 0 Å². The Labute approximate surface area is 172 Å². The van der Waals surface area contributed by atoms with Crippen molar-refractivity contribution >= 4 is 22.4 Å². The SMILES string of the molecule is Cc1ccc(C)c(-c2nn(CC(=O)Nc3cccc(F)c3)c(=O)c3ccccc23)c1. The summed E-state index contributed by atoms with van der Waals surface area (Å²) >= 11 is 0. The average molecular weight is 401 g/mol. The van der Waals surface area contributed by atoms with E-state index in [2.05, 4.69) is 10.4 Å². The minimum Gasteiger partial charge on any atom is -0.324 e. The molecule has 0 saturated heterocycles. The lowest BCUT2D eigenvalue weighted by atomic mass is 9.99. The minimum absolute atomic E-state index is 0.280. The molecule has 0 atom stereocenters. The Morgan fingerprint density at radius 2 is 1.77 bits per heavy atom. The van der Waals surface area contributed by atoms with E-state index in [0.29, 0.717) is 16.8 Å². The number of benzene rings is 3. The Hall–Kier alpha value is -3.80. The number of amides is 1. The highest BCUT2D eigenvalue weighted by atomic mass is 19.1. The number of carbonyl (C=O) groups is 1. The molecule has 1 heterocycles. The van der Waals surface area contributed by atoms with Gasteiger partial charge in [-0.3, -0.25) is 9.59 Å². The van der Waals surface area contributed by atoms with Gasteiger partial charge in [0.15, 0.2) is 0 Å². The Morgan fingerprint density at radius 1 is 1.00 bits per heavy atom. The van der Waals surface area contributed by atoms with Crippen LogP contribution in [0.25, 0.3) is 22.0 Å². The van der Waals surface area contributed by atoms with Crippen LogP contribution in [0.4, 0.5) is 10.1 Å². The van der Waals surface area contributed by atoms with Gasteiger partial charge in [-0.2, -0.15) is 5.10 Å². The molecule has 150 valence electrons. The van der Waals surface area contributed by atoms with E-state index >= 15 is 0 Å². The number of aryl methyl sites for hydroxylation is 2. The molecular weight excluding hydrogens is 381 g/mol. The first kappa shape index (κ1) is 19.5. The number of nitrogens with zero attached hydrogens (tertiary/aromatic N) is 2. The fourth-order valence-electron chi connectivity index (χ4n) is 3.43. The Balaban J connectivity index is 1.79. The van der Waals surface area contributed by atoms with Gasteiger partial charge in [-0.25, -0.2) is 9.07 Å². The van der Waals surface area contributed by atoms with E-state index in [9.17, 15) is 14.0 Å². The van der Waals surface area contributed by atoms with E-state index < -0.39 is 11.7 Å². The first-order valence-corrected chi connectivity index (χ1v) is 9.55. The number of anilines is 1. The molecular formula is C24H20FN3O2. The molecule has 0 aliphatic rings. The van der Waals surface area contributed by atoms with Crippen LogP contribution in [0.1, 0.15) is 11.1 Å². The lowest BCUT2D eigenvalue weighted by molar-refractivity contribution is -0.117. The zero-order valence-electron chi connectivity index (χ0n) is 16.6. The van der Waals surface area contributed by atoms with Crippen LogP contribution in [0.2, 0.25) is 0 Å². The molecule has 0 spiro atoms. The van der Waals surface area contributed by atoms with Crippen LogP contribution in [0.5, 0.6) is 0 Å². The highest BCUT2D eigenvalue weighted by Gasteiger charge is 2.16. The number of fused-ring (bicyclic) bond motifs is 1. The van der Waals surface area contributed by atoms with Crippen LogP contribution < -0.4 is 10.9 Å². The van der Waals surface area contributed by atoms with Gasteiger partial charge in [-0.1, -0.05) is 42.0 Å². The molecule has 0 unspecified atom stereocenters. The molecule has 1 aromatic heterocycles. The fraction of sp³-hybridized carbons (Fsp3) is 0.125. The predicted octanol–water partition coefficient (Wildman–Crippen LogP) is 4.46. The van der Waals surface area contributed by atoms with Gasteiger partial charge < -0.3 is 5.32 Å². The molecule has 0 fully saturated rings. The molecule has 30 heavy (non-hydrogen) atoms. The molecule has 1 N–H and O–H groups in total. The lowest BCUT2D eigenvalue weighted by Crippen LogP contribution is -2.30. The quantitative estimate of drug-likeness (QED) is 0.549. The summed E-state index contributed by atoms with van der Waals surface area (Å²) in [6.45, 7) is 3.70. The second-order valence-corrected chi connectivity index (χ2v) is 7.23. The van der Waals surface area contributed by atoms with Gasteiger partial charge in [0.2, 0.25) is 5.91 Å². The molecule has 1 amide bonds. The third kappa shape index (κ3) is 3.85. The Kier molecular flexibility index (Phi) is 5.14. The van der Waals surface area contributed by atoms with Gasteiger partial charge in [0.05, 0.1) is 11.1 Å². The standard InChI is InChI=1S/C24H20FN3O2/c1-15-10-11-16(2)21(12-15)23-19-8-3-4-9-20(19)24(30)28(27-23)14-22(29)26-18-7-5-6-17(25)13-18/h3-13H,14H2,1-2H3,(H,26,29). The van der Waals surface area contributed by atoms with Crippen LogP contribution >= 0.6 is 0 Å². The molecule has 4 aromatic rings. The number of aromatic nitrogens is 2. The van der Waals surface area contributed by atoms with Crippen LogP contribution in [0, 0.1) is 19.7 Å². The molecule has 0 aliphatic carbocycles. The Bertz CT molecular complexity index is 1330. The number of nitrogens with one attached hydrogen (secondary N) is 1. The second kappa shape index (κ2) is 7.91. The molecule has 3 aromatic carbocycles. The predicted molar refractivity (Wildman–Crippen MR) is 116 cm³/mol. The first-order valence-electron chi connectivity index (χ1n) is 9.55. The summed E-state index contributed by atoms with van der Waals surface area (Å²) in [4.78, 5) is 25.5. The summed E-state index contributed by atoms with van der Waals surface area (Å²) in [7, 11) is 0. The number of carbonyl (C=O) groups excluding carboxylic acids is 1. The second-order valence-electron chi connectivity index (χ2n) is 7.23. The highest BCUT2D eigenvalue weighted by molar-refractivity contribution is 5.95. The maximum Gasteiger partial charge on any atom is 0.275 e. The monoisotopic (exact) mass is 401 g/mol. The molecule has 0 aliphatic heterocycles. The number of hydrogen-bond donors (Lipinski definition) is 1. The summed E-state index contributed by atoms with van der Waals surface area (Å²) in [5, 5.41) is 8.37. The number of rotatable bonds is 4. The summed E-state index contributed by atoms with van der Waals surface area (Å²) in [6, 6.07) is 18.9. The van der Waals surface area contributed by atoms with Gasteiger partial charge in [-0.05, 0) is 49.7 Å². The molecule has 4 rings (SSSR count). The van der Waals surface area contributed by atoms with E-state index in [1.165, 1.54) is 18.2 Å². The van der Waals surface area contributed by atoms with E-state index in [4.69, 9.17) is 0 Å². The van der Waals surface area contributed by atoms with Gasteiger partial charge in [0.1, 0.15) is 12.4 Å². The van der Waals surface area contributed by atoms with Crippen molar-refractivity contribution in [3.8, 4) is 11.3 Å². The summed E-state index contributed by atoms with van der Waals surface area (Å²) in [5.74, 6) is -0.914. The van der Waals surface area contributed by atoms with E-state index in [1.807, 2.05) is 44.2 Å². The van der Waals surface area contributed by atoms with Crippen molar-refractivity contribution in [2.45, 2.75) is 20.4 Å². The van der Waals surface area contributed by atoms with Crippen molar-refractivity contribution in [3.05, 3.63) is 94.0 Å². The molecule has 5 nitrogen and oxygen atoms in total. The minimum atomic E-state index is -0.461. The molecule has 0 radical (unpaired) electrons. The lowest BCUT2D eigenvalue weighted by Gasteiger charge is -2.13. The van der Waals surface area contributed by atoms with Crippen molar-refractivity contribution in [2.24, 2.45) is 0 Å². The van der Waals surface area contributed by atoms with Crippen molar-refractivity contribution in [2.75, 3.05) is 5.32 Å². The molecule has 6 heteroatoms. The normalized spacial score (nSPS) is 10.9. The van der Waals surface area contributed by atoms with Crippen LogP contribution in [-0.4, -0.2) is 15.7 Å². The van der Waals surface area contributed by atoms with Gasteiger partial charge in [0, 0.05) is 16.6 Å². The Morgan fingerprint density at radius 3 is 2.53 bits per heavy atom. The van der Waals surface area contributed by atoms with Crippen molar-refractivity contribution in [1.29, 1.82) is 0 Å². The van der Waals surface area contributed by atoms with Crippen molar-refractivity contribution in [1.82, 2.24) is 9.78 Å². The highest BCUT2D eigenvalue weighted by Crippen LogP contribution is 2.28. The number of halogens is 1. The number of hydrogen-bond acceptors (Lipinski definition) is 3. The van der Waals surface area contributed by atoms with Crippen LogP contribution in [0.15, 0.2) is 71.5 Å². The topological polar surface area (TPSA) is 64.0 Å². The van der Waals surface area contributed by atoms with E-state index in [1.54, 1.807) is 18.2 Å². The maximum absolute atomic E-state index is 13.4.